The number of aromatic nitrogens is 4. The van der Waals surface area contributed by atoms with E-state index < -0.39 is 57.1 Å². The fourth-order valence-corrected chi connectivity index (χ4v) is 6.01. The molecule has 42 heavy (non-hydrogen) atoms. The van der Waals surface area contributed by atoms with Crippen LogP contribution in [0.3, 0.4) is 0 Å². The Morgan fingerprint density at radius 3 is 2.69 bits per heavy atom. The van der Waals surface area contributed by atoms with Gasteiger partial charge in [0.25, 0.3) is 0 Å². The lowest BCUT2D eigenvalue weighted by atomic mass is 10.0. The fraction of sp³-hybridized carbons (Fsp3) is 0.520. The van der Waals surface area contributed by atoms with Crippen molar-refractivity contribution in [3.05, 3.63) is 36.7 Å². The van der Waals surface area contributed by atoms with E-state index in [2.05, 4.69) is 25.4 Å². The van der Waals surface area contributed by atoms with Gasteiger partial charge < -0.3 is 30.2 Å². The molecule has 1 saturated heterocycles. The first-order valence-corrected chi connectivity index (χ1v) is 14.9. The summed E-state index contributed by atoms with van der Waals surface area (Å²) in [7, 11) is -4.33. The quantitative estimate of drug-likeness (QED) is 0.164. The molecule has 2 aromatic heterocycles. The molecule has 6 atom stereocenters. The van der Waals surface area contributed by atoms with Gasteiger partial charge in [0, 0.05) is 6.04 Å². The topological polar surface area (TPSA) is 185 Å². The monoisotopic (exact) mass is 611 g/mol. The van der Waals surface area contributed by atoms with Crippen LogP contribution in [0, 0.1) is 5.92 Å². The van der Waals surface area contributed by atoms with E-state index in [9.17, 15) is 23.2 Å². The van der Waals surface area contributed by atoms with Crippen LogP contribution in [0.4, 0.5) is 20.5 Å². The van der Waals surface area contributed by atoms with Crippen LogP contribution in [0.25, 0.3) is 11.2 Å². The highest BCUT2D eigenvalue weighted by Crippen LogP contribution is 2.47. The van der Waals surface area contributed by atoms with Crippen molar-refractivity contribution in [2.24, 2.45) is 5.92 Å². The number of rotatable bonds is 13. The summed E-state index contributed by atoms with van der Waals surface area (Å²) in [4.78, 5) is 24.8. The van der Waals surface area contributed by atoms with E-state index in [1.165, 1.54) is 30.0 Å². The molecule has 1 aliphatic heterocycles. The minimum atomic E-state index is -4.33. The Kier molecular flexibility index (Phi) is 8.89. The number of ether oxygens (including phenoxy) is 2. The Morgan fingerprint density at radius 2 is 2.02 bits per heavy atom. The summed E-state index contributed by atoms with van der Waals surface area (Å²) in [6.07, 6.45) is -4.41. The lowest BCUT2D eigenvalue weighted by molar-refractivity contribution is -0.144. The SMILES string of the molecule is CCOC(=O)[C@H](C)NP(=O)(OC[C@H]1O[C@@H](n2cnc3c(NC4CC4)nc(N)nc32)[C@@H](C(F)F)[C@@H]1O)Oc1ccccc1. The zero-order valence-electron chi connectivity index (χ0n) is 22.8. The summed E-state index contributed by atoms with van der Waals surface area (Å²) >= 11 is 0. The number of carbonyl (C=O) groups excluding carboxylic acids is 1. The number of carbonyl (C=O) groups is 1. The third-order valence-corrected chi connectivity index (χ3v) is 8.35. The number of nitrogen functional groups attached to an aromatic ring is 1. The molecule has 0 spiro atoms. The Labute approximate surface area is 239 Å². The highest BCUT2D eigenvalue weighted by atomic mass is 31.2. The molecule has 1 aliphatic carbocycles. The summed E-state index contributed by atoms with van der Waals surface area (Å²) in [6.45, 7) is 2.47. The standard InChI is InChI=1S/C25H32F2N7O7P/c1-3-38-24(36)13(2)33-42(37,41-15-7-5-4-6-8-15)39-11-16-19(35)17(20(26)27)23(40-16)34-12-29-18-21(30-14-9-10-14)31-25(28)32-22(18)34/h4-8,12-14,16-17,19-20,23,35H,3,9-11H2,1-2H3,(H,33,37)(H3,28,30,31,32)/t13-,16+,17+,19+,23+,42?/m0/s1. The number of nitrogens with two attached hydrogens (primary N) is 1. The number of halogens is 2. The predicted octanol–water partition coefficient (Wildman–Crippen LogP) is 2.87. The average Bonchev–Trinajstić information content (AvgIpc) is 3.55. The summed E-state index contributed by atoms with van der Waals surface area (Å²) in [6, 6.07) is 7.10. The maximum atomic E-state index is 14.3. The maximum Gasteiger partial charge on any atom is 0.459 e. The van der Waals surface area contributed by atoms with E-state index in [1.54, 1.807) is 25.1 Å². The van der Waals surface area contributed by atoms with Crippen LogP contribution in [-0.2, 0) is 23.4 Å². The minimum absolute atomic E-state index is 0.0890. The fourth-order valence-electron chi connectivity index (χ4n) is 4.51. The molecule has 3 heterocycles. The Bertz CT molecular complexity index is 1450. The van der Waals surface area contributed by atoms with Crippen LogP contribution in [0.2, 0.25) is 0 Å². The van der Waals surface area contributed by atoms with Gasteiger partial charge in [0.15, 0.2) is 17.0 Å². The van der Waals surface area contributed by atoms with Gasteiger partial charge in [-0.2, -0.15) is 15.1 Å². The lowest BCUT2D eigenvalue weighted by Crippen LogP contribution is -2.37. The molecule has 3 aromatic rings. The van der Waals surface area contributed by atoms with Gasteiger partial charge in [-0.1, -0.05) is 18.2 Å². The van der Waals surface area contributed by atoms with E-state index >= 15 is 0 Å². The van der Waals surface area contributed by atoms with E-state index in [0.717, 1.165) is 12.8 Å². The van der Waals surface area contributed by atoms with Gasteiger partial charge >= 0.3 is 13.7 Å². The largest absolute Gasteiger partial charge is 0.465 e. The van der Waals surface area contributed by atoms with Crippen molar-refractivity contribution >= 4 is 36.6 Å². The molecule has 228 valence electrons. The van der Waals surface area contributed by atoms with Crippen LogP contribution < -0.4 is 20.7 Å². The molecule has 0 bridgehead atoms. The number of aliphatic hydroxyl groups is 1. The number of para-hydroxylation sites is 1. The number of imidazole rings is 1. The molecule has 5 rings (SSSR count). The Hall–Kier alpha value is -3.43. The van der Waals surface area contributed by atoms with E-state index in [1.807, 2.05) is 0 Å². The molecular weight excluding hydrogens is 579 g/mol. The van der Waals surface area contributed by atoms with Crippen molar-refractivity contribution in [3.8, 4) is 5.75 Å². The number of nitrogens with one attached hydrogen (secondary N) is 2. The lowest BCUT2D eigenvalue weighted by Gasteiger charge is -2.24. The zero-order valence-corrected chi connectivity index (χ0v) is 23.7. The molecule has 2 aliphatic rings. The van der Waals surface area contributed by atoms with Crippen LogP contribution >= 0.6 is 7.75 Å². The van der Waals surface area contributed by atoms with Crippen molar-refractivity contribution in [1.29, 1.82) is 0 Å². The first kappa shape index (κ1) is 30.0. The van der Waals surface area contributed by atoms with Crippen molar-refractivity contribution in [3.63, 3.8) is 0 Å². The molecule has 1 aromatic carbocycles. The second-order valence-electron chi connectivity index (χ2n) is 9.94. The van der Waals surface area contributed by atoms with Crippen LogP contribution in [0.15, 0.2) is 36.7 Å². The van der Waals surface area contributed by atoms with Crippen molar-refractivity contribution in [1.82, 2.24) is 24.6 Å². The second kappa shape index (κ2) is 12.4. The van der Waals surface area contributed by atoms with E-state index in [0.29, 0.717) is 11.3 Å². The number of hydrogen-bond acceptors (Lipinski definition) is 12. The first-order chi connectivity index (χ1) is 20.1. The van der Waals surface area contributed by atoms with Crippen LogP contribution in [-0.4, -0.2) is 74.5 Å². The van der Waals surface area contributed by atoms with Gasteiger partial charge in [0.05, 0.1) is 31.6 Å². The average molecular weight is 612 g/mol. The minimum Gasteiger partial charge on any atom is -0.465 e. The van der Waals surface area contributed by atoms with Crippen molar-refractivity contribution in [2.75, 3.05) is 24.3 Å². The maximum absolute atomic E-state index is 14.3. The summed E-state index contributed by atoms with van der Waals surface area (Å²) in [5.74, 6) is -2.02. The van der Waals surface area contributed by atoms with Gasteiger partial charge in [0.2, 0.25) is 12.4 Å². The molecule has 1 unspecified atom stereocenters. The van der Waals surface area contributed by atoms with Gasteiger partial charge in [-0.05, 0) is 38.8 Å². The number of alkyl halides is 2. The number of fused-ring (bicyclic) bond motifs is 1. The number of nitrogens with zero attached hydrogens (tertiary/aromatic N) is 4. The van der Waals surface area contributed by atoms with Crippen molar-refractivity contribution < 1.29 is 41.8 Å². The molecular formula is C25H32F2N7O7P. The molecule has 0 amide bonds. The normalized spacial score (nSPS) is 24.4. The van der Waals surface area contributed by atoms with Gasteiger partial charge in [0.1, 0.15) is 24.1 Å². The molecule has 1 saturated carbocycles. The summed E-state index contributed by atoms with van der Waals surface area (Å²) in [5, 5.41) is 16.6. The number of anilines is 2. The summed E-state index contributed by atoms with van der Waals surface area (Å²) < 4.78 is 65.6. The molecule has 0 radical (unpaired) electrons. The van der Waals surface area contributed by atoms with Crippen LogP contribution in [0.5, 0.6) is 5.75 Å². The Balaban J connectivity index is 1.38. The highest BCUT2D eigenvalue weighted by molar-refractivity contribution is 7.52. The zero-order chi connectivity index (χ0) is 30.0. The molecule has 5 N–H and O–H groups in total. The van der Waals surface area contributed by atoms with Gasteiger partial charge in [-0.25, -0.2) is 18.3 Å². The first-order valence-electron chi connectivity index (χ1n) is 13.4. The Morgan fingerprint density at radius 1 is 1.29 bits per heavy atom. The predicted molar refractivity (Wildman–Crippen MR) is 146 cm³/mol. The van der Waals surface area contributed by atoms with Crippen molar-refractivity contribution in [2.45, 2.75) is 63.6 Å². The van der Waals surface area contributed by atoms with E-state index in [4.69, 9.17) is 24.3 Å². The van der Waals surface area contributed by atoms with Gasteiger partial charge in [-0.15, -0.1) is 0 Å². The molecule has 17 heteroatoms. The van der Waals surface area contributed by atoms with Gasteiger partial charge in [-0.3, -0.25) is 13.9 Å². The number of hydrogen-bond donors (Lipinski definition) is 4. The summed E-state index contributed by atoms with van der Waals surface area (Å²) in [5.41, 5.74) is 6.33. The number of esters is 1. The molecule has 14 nitrogen and oxygen atoms in total. The highest BCUT2D eigenvalue weighted by Gasteiger charge is 2.51. The van der Waals surface area contributed by atoms with Crippen LogP contribution in [0.1, 0.15) is 32.9 Å². The number of aliphatic hydroxyl groups excluding tert-OH is 1. The van der Waals surface area contributed by atoms with E-state index in [-0.39, 0.29) is 30.0 Å². The number of benzene rings is 1. The smallest absolute Gasteiger partial charge is 0.459 e. The molecule has 2 fully saturated rings. The third kappa shape index (κ3) is 6.63. The third-order valence-electron chi connectivity index (χ3n) is 6.71. The second-order valence-corrected chi connectivity index (χ2v) is 11.6.